The quantitative estimate of drug-likeness (QED) is 0.595. The Bertz CT molecular complexity index is 933. The second-order valence-electron chi connectivity index (χ2n) is 5.43. The van der Waals surface area contributed by atoms with Crippen molar-refractivity contribution >= 4 is 16.5 Å². The summed E-state index contributed by atoms with van der Waals surface area (Å²) >= 11 is 1.49. The predicted molar refractivity (Wildman–Crippen MR) is 96.5 cm³/mol. The third-order valence-corrected chi connectivity index (χ3v) is 4.61. The van der Waals surface area contributed by atoms with Gasteiger partial charge in [0, 0.05) is 6.20 Å². The van der Waals surface area contributed by atoms with E-state index in [0.717, 1.165) is 27.1 Å². The van der Waals surface area contributed by atoms with Crippen LogP contribution in [0.5, 0.6) is 0 Å². The third-order valence-electron chi connectivity index (χ3n) is 3.73. The van der Waals surface area contributed by atoms with Crippen LogP contribution in [0.4, 0.5) is 5.13 Å². The molecule has 0 bridgehead atoms. The molecule has 0 radical (unpaired) electrons. The molecule has 1 N–H and O–H groups in total. The Labute approximate surface area is 148 Å². The molecule has 0 spiro atoms. The molecule has 0 unspecified atom stereocenters. The van der Waals surface area contributed by atoms with Crippen molar-refractivity contribution < 1.29 is 0 Å². The fourth-order valence-electron chi connectivity index (χ4n) is 2.40. The van der Waals surface area contributed by atoms with E-state index in [1.54, 1.807) is 17.1 Å². The lowest BCUT2D eigenvalue weighted by atomic mass is 10.1. The zero-order chi connectivity index (χ0) is 17.1. The van der Waals surface area contributed by atoms with Crippen molar-refractivity contribution in [1.82, 2.24) is 30.2 Å². The van der Waals surface area contributed by atoms with Gasteiger partial charge >= 0.3 is 0 Å². The molecule has 0 aliphatic rings. The number of rotatable bonds is 5. The van der Waals surface area contributed by atoms with Crippen LogP contribution in [0.3, 0.4) is 0 Å². The van der Waals surface area contributed by atoms with E-state index < -0.39 is 0 Å². The van der Waals surface area contributed by atoms with Crippen LogP contribution in [0.25, 0.3) is 16.4 Å². The first kappa shape index (κ1) is 15.4. The van der Waals surface area contributed by atoms with Gasteiger partial charge < -0.3 is 5.32 Å². The van der Waals surface area contributed by atoms with E-state index in [0.29, 0.717) is 0 Å². The monoisotopic (exact) mass is 349 g/mol. The average molecular weight is 349 g/mol. The lowest BCUT2D eigenvalue weighted by Crippen LogP contribution is -2.06. The number of nitrogens with one attached hydrogen (secondary N) is 1. The predicted octanol–water partition coefficient (Wildman–Crippen LogP) is 3.35. The summed E-state index contributed by atoms with van der Waals surface area (Å²) in [6, 6.07) is 14.0. The summed E-state index contributed by atoms with van der Waals surface area (Å²) in [7, 11) is 0. The highest BCUT2D eigenvalue weighted by molar-refractivity contribution is 7.18. The molecule has 25 heavy (non-hydrogen) atoms. The van der Waals surface area contributed by atoms with Gasteiger partial charge in [-0.1, -0.05) is 34.7 Å². The Morgan fingerprint density at radius 3 is 2.64 bits per heavy atom. The maximum Gasteiger partial charge on any atom is 0.206 e. The van der Waals surface area contributed by atoms with Crippen molar-refractivity contribution in [2.45, 2.75) is 13.0 Å². The summed E-state index contributed by atoms with van der Waals surface area (Å²) in [5, 5.41) is 21.2. The smallest absolute Gasteiger partial charge is 0.206 e. The van der Waals surface area contributed by atoms with Gasteiger partial charge in [-0.25, -0.2) is 4.68 Å². The minimum Gasteiger partial charge on any atom is -0.354 e. The molecule has 0 amide bonds. The van der Waals surface area contributed by atoms with Crippen LogP contribution < -0.4 is 5.32 Å². The van der Waals surface area contributed by atoms with Gasteiger partial charge in [0.25, 0.3) is 0 Å². The van der Waals surface area contributed by atoms with E-state index in [1.807, 2.05) is 36.5 Å². The van der Waals surface area contributed by atoms with E-state index >= 15 is 0 Å². The van der Waals surface area contributed by atoms with Gasteiger partial charge in [-0.3, -0.25) is 4.98 Å². The molecular weight excluding hydrogens is 334 g/mol. The van der Waals surface area contributed by atoms with Crippen molar-refractivity contribution in [3.05, 3.63) is 66.6 Å². The number of anilines is 1. The maximum absolute atomic E-state index is 4.30. The van der Waals surface area contributed by atoms with Gasteiger partial charge in [0.15, 0.2) is 5.01 Å². The van der Waals surface area contributed by atoms with E-state index in [2.05, 4.69) is 49.9 Å². The maximum atomic E-state index is 4.30. The van der Waals surface area contributed by atoms with Crippen LogP contribution in [-0.4, -0.2) is 30.2 Å². The molecule has 0 fully saturated rings. The summed E-state index contributed by atoms with van der Waals surface area (Å²) in [4.78, 5) is 4.30. The highest BCUT2D eigenvalue weighted by Gasteiger charge is 2.11. The largest absolute Gasteiger partial charge is 0.354 e. The topological polar surface area (TPSA) is 81.4 Å². The zero-order valence-corrected chi connectivity index (χ0v) is 14.3. The molecule has 3 heterocycles. The number of pyridine rings is 1. The number of benzene rings is 1. The highest BCUT2D eigenvalue weighted by atomic mass is 32.1. The zero-order valence-electron chi connectivity index (χ0n) is 13.4. The van der Waals surface area contributed by atoms with Crippen molar-refractivity contribution in [2.75, 3.05) is 5.32 Å². The molecule has 0 saturated heterocycles. The molecule has 1 atom stereocenters. The summed E-state index contributed by atoms with van der Waals surface area (Å²) in [5.74, 6) is 0. The lowest BCUT2D eigenvalue weighted by Gasteiger charge is -2.13. The molecule has 0 saturated carbocycles. The van der Waals surface area contributed by atoms with E-state index in [4.69, 9.17) is 0 Å². The number of nitrogens with zero attached hydrogens (tertiary/aromatic N) is 6. The van der Waals surface area contributed by atoms with Crippen molar-refractivity contribution in [3.63, 3.8) is 0 Å². The second kappa shape index (κ2) is 6.78. The SMILES string of the molecule is C[C@H](Nc1nnc(-c2ccccn2)s1)c1ccc(-n2ccnn2)cc1. The second-order valence-corrected chi connectivity index (χ2v) is 6.41. The highest BCUT2D eigenvalue weighted by Crippen LogP contribution is 2.27. The van der Waals surface area contributed by atoms with Gasteiger partial charge in [0.1, 0.15) is 5.69 Å². The Balaban J connectivity index is 1.47. The molecule has 0 aliphatic carbocycles. The minimum atomic E-state index is 0.106. The minimum absolute atomic E-state index is 0.106. The van der Waals surface area contributed by atoms with Crippen LogP contribution in [0.15, 0.2) is 61.1 Å². The van der Waals surface area contributed by atoms with Crippen molar-refractivity contribution in [1.29, 1.82) is 0 Å². The van der Waals surface area contributed by atoms with Gasteiger partial charge in [0.2, 0.25) is 5.13 Å². The molecule has 3 aromatic heterocycles. The first-order valence-electron chi connectivity index (χ1n) is 7.78. The van der Waals surface area contributed by atoms with Crippen LogP contribution in [0.1, 0.15) is 18.5 Å². The lowest BCUT2D eigenvalue weighted by molar-refractivity contribution is 0.800. The molecule has 4 rings (SSSR count). The van der Waals surface area contributed by atoms with Gasteiger partial charge in [-0.2, -0.15) is 0 Å². The van der Waals surface area contributed by atoms with E-state index in [-0.39, 0.29) is 6.04 Å². The molecule has 8 heteroatoms. The third kappa shape index (κ3) is 3.38. The Morgan fingerprint density at radius 1 is 1.04 bits per heavy atom. The van der Waals surface area contributed by atoms with E-state index in [9.17, 15) is 0 Å². The number of hydrogen-bond donors (Lipinski definition) is 1. The summed E-state index contributed by atoms with van der Waals surface area (Å²) in [5.41, 5.74) is 2.96. The van der Waals surface area contributed by atoms with Crippen molar-refractivity contribution in [3.8, 4) is 16.4 Å². The van der Waals surface area contributed by atoms with Gasteiger partial charge in [-0.05, 0) is 36.8 Å². The molecule has 7 nitrogen and oxygen atoms in total. The van der Waals surface area contributed by atoms with Crippen molar-refractivity contribution in [2.24, 2.45) is 0 Å². The van der Waals surface area contributed by atoms with Gasteiger partial charge in [0.05, 0.1) is 24.1 Å². The van der Waals surface area contributed by atoms with Crippen LogP contribution >= 0.6 is 11.3 Å². The van der Waals surface area contributed by atoms with Gasteiger partial charge in [-0.15, -0.1) is 15.3 Å². The first-order valence-corrected chi connectivity index (χ1v) is 8.59. The molecule has 4 aromatic rings. The molecule has 1 aromatic carbocycles. The molecular formula is C17H15N7S. The fourth-order valence-corrected chi connectivity index (χ4v) is 3.21. The Hall–Kier alpha value is -3.13. The summed E-state index contributed by atoms with van der Waals surface area (Å²) in [6.45, 7) is 2.09. The average Bonchev–Trinajstić information content (AvgIpc) is 3.35. The summed E-state index contributed by atoms with van der Waals surface area (Å²) < 4.78 is 1.73. The van der Waals surface area contributed by atoms with E-state index in [1.165, 1.54) is 11.3 Å². The number of hydrogen-bond acceptors (Lipinski definition) is 7. The Kier molecular flexibility index (Phi) is 4.17. The molecule has 124 valence electrons. The fraction of sp³-hybridized carbons (Fsp3) is 0.118. The number of aromatic nitrogens is 6. The normalized spacial score (nSPS) is 12.0. The standard InChI is InChI=1S/C17H15N7S/c1-12(13-5-7-14(8-6-13)24-11-10-19-23-24)20-17-22-21-16(25-17)15-4-2-3-9-18-15/h2-12H,1H3,(H,20,22)/t12-/m0/s1. The molecule has 0 aliphatic heterocycles. The Morgan fingerprint density at radius 2 is 1.92 bits per heavy atom. The van der Waals surface area contributed by atoms with Crippen LogP contribution in [0, 0.1) is 0 Å². The van der Waals surface area contributed by atoms with Crippen LogP contribution in [0.2, 0.25) is 0 Å². The first-order chi connectivity index (χ1) is 12.3. The summed E-state index contributed by atoms with van der Waals surface area (Å²) in [6.07, 6.45) is 5.23. The van der Waals surface area contributed by atoms with Crippen LogP contribution in [-0.2, 0) is 0 Å².